The topological polar surface area (TPSA) is 81.4 Å². The second kappa shape index (κ2) is 7.66. The third-order valence-corrected chi connectivity index (χ3v) is 6.43. The number of nitrogens with one attached hydrogen (secondary N) is 1. The van der Waals surface area contributed by atoms with Gasteiger partial charge in [0.15, 0.2) is 5.76 Å². The van der Waals surface area contributed by atoms with Crippen molar-refractivity contribution in [1.29, 1.82) is 0 Å². The number of aromatic nitrogens is 1. The van der Waals surface area contributed by atoms with E-state index in [1.165, 1.54) is 23.1 Å². The average molecular weight is 402 g/mol. The third kappa shape index (κ3) is 3.81. The highest BCUT2D eigenvalue weighted by atomic mass is 32.1. The molecule has 1 aliphatic carbocycles. The molecule has 3 aromatic rings. The number of carbonyl (C=O) groups is 2. The lowest BCUT2D eigenvalue weighted by Crippen LogP contribution is -2.13. The number of thiophene rings is 2. The number of anilines is 1. The lowest BCUT2D eigenvalue weighted by atomic mass is 9.95. The number of esters is 1. The highest BCUT2D eigenvalue weighted by molar-refractivity contribution is 7.17. The van der Waals surface area contributed by atoms with Crippen molar-refractivity contribution in [3.8, 4) is 10.6 Å². The predicted octanol–water partition coefficient (Wildman–Crippen LogP) is 4.66. The molecule has 0 unspecified atom stereocenters. The summed E-state index contributed by atoms with van der Waals surface area (Å²) in [4.78, 5) is 26.4. The molecule has 0 aliphatic heterocycles. The van der Waals surface area contributed by atoms with Gasteiger partial charge in [0.25, 0.3) is 0 Å². The minimum atomic E-state index is -0.432. The van der Waals surface area contributed by atoms with Crippen molar-refractivity contribution in [3.63, 3.8) is 0 Å². The molecule has 3 heterocycles. The van der Waals surface area contributed by atoms with E-state index >= 15 is 0 Å². The van der Waals surface area contributed by atoms with Crippen LogP contribution >= 0.6 is 22.7 Å². The first-order valence-corrected chi connectivity index (χ1v) is 10.4. The largest absolute Gasteiger partial charge is 0.455 e. The van der Waals surface area contributed by atoms with E-state index in [4.69, 9.17) is 9.26 Å². The van der Waals surface area contributed by atoms with Gasteiger partial charge in [-0.25, -0.2) is 4.79 Å². The molecular weight excluding hydrogens is 384 g/mol. The number of ether oxygens (including phenoxy) is 1. The minimum Gasteiger partial charge on any atom is -0.455 e. The van der Waals surface area contributed by atoms with E-state index in [9.17, 15) is 9.59 Å². The molecule has 4 rings (SSSR count). The quantitative estimate of drug-likeness (QED) is 0.628. The molecule has 1 aliphatic rings. The molecule has 0 radical (unpaired) electrons. The summed E-state index contributed by atoms with van der Waals surface area (Å²) < 4.78 is 10.8. The predicted molar refractivity (Wildman–Crippen MR) is 104 cm³/mol. The first kappa shape index (κ1) is 17.9. The smallest absolute Gasteiger partial charge is 0.341 e. The minimum absolute atomic E-state index is 0.0256. The Hall–Kier alpha value is -2.45. The Bertz CT molecular complexity index is 972. The van der Waals surface area contributed by atoms with Crippen LogP contribution < -0.4 is 5.32 Å². The van der Waals surface area contributed by atoms with Crippen LogP contribution in [0.25, 0.3) is 10.6 Å². The van der Waals surface area contributed by atoms with Gasteiger partial charge in [-0.3, -0.25) is 4.79 Å². The number of aryl methyl sites for hydroxylation is 1. The molecular formula is C19H18N2O4S2. The van der Waals surface area contributed by atoms with Crippen LogP contribution in [0, 0.1) is 0 Å². The first-order valence-electron chi connectivity index (χ1n) is 8.70. The molecule has 1 amide bonds. The van der Waals surface area contributed by atoms with Crippen LogP contribution in [0.2, 0.25) is 0 Å². The summed E-state index contributed by atoms with van der Waals surface area (Å²) >= 11 is 3.03. The molecule has 140 valence electrons. The fraction of sp³-hybridized carbons (Fsp3) is 0.316. The number of hydrogen-bond donors (Lipinski definition) is 1. The molecule has 6 nitrogen and oxygen atoms in total. The maximum Gasteiger partial charge on any atom is 0.341 e. The summed E-state index contributed by atoms with van der Waals surface area (Å²) in [5.74, 6) is 0.0291. The lowest BCUT2D eigenvalue weighted by molar-refractivity contribution is -0.114. The molecule has 0 bridgehead atoms. The van der Waals surface area contributed by atoms with Gasteiger partial charge in [0.2, 0.25) is 5.91 Å². The second-order valence-electron chi connectivity index (χ2n) is 6.33. The first-order chi connectivity index (χ1) is 13.1. The third-order valence-electron chi connectivity index (χ3n) is 4.34. The van der Waals surface area contributed by atoms with Gasteiger partial charge in [-0.1, -0.05) is 11.2 Å². The SMILES string of the molecule is CC(=O)Nc1sc2c(c1C(=O)OCc1cc(-c3cccs3)on1)CCCC2. The Morgan fingerprint density at radius 2 is 2.19 bits per heavy atom. The highest BCUT2D eigenvalue weighted by Gasteiger charge is 2.27. The molecule has 0 fully saturated rings. The second-order valence-corrected chi connectivity index (χ2v) is 8.39. The van der Waals surface area contributed by atoms with Crippen LogP contribution in [0.3, 0.4) is 0 Å². The lowest BCUT2D eigenvalue weighted by Gasteiger charge is -2.12. The van der Waals surface area contributed by atoms with Gasteiger partial charge < -0.3 is 14.6 Å². The summed E-state index contributed by atoms with van der Waals surface area (Å²) in [5, 5.41) is 9.29. The van der Waals surface area contributed by atoms with Crippen LogP contribution in [-0.2, 0) is 29.0 Å². The van der Waals surface area contributed by atoms with Gasteiger partial charge in [-0.05, 0) is 42.7 Å². The van der Waals surface area contributed by atoms with E-state index in [2.05, 4.69) is 10.5 Å². The van der Waals surface area contributed by atoms with E-state index in [0.29, 0.717) is 22.0 Å². The number of fused-ring (bicyclic) bond motifs is 1. The van der Waals surface area contributed by atoms with E-state index in [1.807, 2.05) is 17.5 Å². The summed E-state index contributed by atoms with van der Waals surface area (Å²) in [5.41, 5.74) is 2.06. The highest BCUT2D eigenvalue weighted by Crippen LogP contribution is 2.38. The molecule has 0 saturated carbocycles. The Morgan fingerprint density at radius 3 is 2.96 bits per heavy atom. The average Bonchev–Trinajstić information content (AvgIpc) is 3.37. The van der Waals surface area contributed by atoms with E-state index in [1.54, 1.807) is 17.4 Å². The number of rotatable bonds is 5. The summed E-state index contributed by atoms with van der Waals surface area (Å²) in [6.07, 6.45) is 3.92. The summed E-state index contributed by atoms with van der Waals surface area (Å²) in [7, 11) is 0. The molecule has 0 saturated heterocycles. The van der Waals surface area contributed by atoms with Gasteiger partial charge in [0.1, 0.15) is 17.3 Å². The van der Waals surface area contributed by atoms with Crippen LogP contribution in [-0.4, -0.2) is 17.0 Å². The summed E-state index contributed by atoms with van der Waals surface area (Å²) in [6.45, 7) is 1.47. The van der Waals surface area contributed by atoms with Crippen molar-refractivity contribution < 1.29 is 18.8 Å². The number of carbonyl (C=O) groups excluding carboxylic acids is 2. The van der Waals surface area contributed by atoms with Gasteiger partial charge in [-0.15, -0.1) is 22.7 Å². The fourth-order valence-electron chi connectivity index (χ4n) is 3.16. The molecule has 8 heteroatoms. The van der Waals surface area contributed by atoms with Crippen molar-refractivity contribution >= 4 is 39.6 Å². The Balaban J connectivity index is 1.51. The zero-order valence-electron chi connectivity index (χ0n) is 14.7. The zero-order valence-corrected chi connectivity index (χ0v) is 16.4. The Kier molecular flexibility index (Phi) is 5.09. The van der Waals surface area contributed by atoms with Crippen LogP contribution in [0.15, 0.2) is 28.1 Å². The molecule has 0 spiro atoms. The van der Waals surface area contributed by atoms with Crippen molar-refractivity contribution in [2.24, 2.45) is 0 Å². The van der Waals surface area contributed by atoms with Crippen LogP contribution in [0.4, 0.5) is 5.00 Å². The number of hydrogen-bond acceptors (Lipinski definition) is 7. The van der Waals surface area contributed by atoms with E-state index in [0.717, 1.165) is 36.1 Å². The van der Waals surface area contributed by atoms with Crippen molar-refractivity contribution in [2.75, 3.05) is 5.32 Å². The fourth-order valence-corrected chi connectivity index (χ4v) is 5.15. The molecule has 0 aromatic carbocycles. The van der Waals surface area contributed by atoms with Gasteiger partial charge in [0.05, 0.1) is 10.4 Å². The van der Waals surface area contributed by atoms with Gasteiger partial charge >= 0.3 is 5.97 Å². The van der Waals surface area contributed by atoms with E-state index < -0.39 is 5.97 Å². The monoisotopic (exact) mass is 402 g/mol. The van der Waals surface area contributed by atoms with E-state index in [-0.39, 0.29) is 12.5 Å². The molecule has 0 atom stereocenters. The summed E-state index contributed by atoms with van der Waals surface area (Å²) in [6, 6.07) is 5.65. The van der Waals surface area contributed by atoms with Crippen LogP contribution in [0.5, 0.6) is 0 Å². The van der Waals surface area contributed by atoms with Crippen LogP contribution in [0.1, 0.15) is 46.3 Å². The van der Waals surface area contributed by atoms with Crippen molar-refractivity contribution in [1.82, 2.24) is 5.16 Å². The van der Waals surface area contributed by atoms with Gasteiger partial charge in [-0.2, -0.15) is 0 Å². The maximum absolute atomic E-state index is 12.8. The van der Waals surface area contributed by atoms with Crippen molar-refractivity contribution in [2.45, 2.75) is 39.2 Å². The zero-order chi connectivity index (χ0) is 18.8. The molecule has 3 aromatic heterocycles. The normalized spacial score (nSPS) is 13.2. The Labute approximate surface area is 164 Å². The molecule has 1 N–H and O–H groups in total. The maximum atomic E-state index is 12.8. The van der Waals surface area contributed by atoms with Crippen molar-refractivity contribution in [3.05, 3.63) is 45.3 Å². The Morgan fingerprint density at radius 1 is 1.33 bits per heavy atom. The standard InChI is InChI=1S/C19H18N2O4S2/c1-11(22)20-18-17(13-5-2-3-6-15(13)27-18)19(23)24-10-12-9-14(25-21-12)16-7-4-8-26-16/h4,7-9H,2-3,5-6,10H2,1H3,(H,20,22). The number of amides is 1. The number of nitrogens with zero attached hydrogens (tertiary/aromatic N) is 1. The molecule has 27 heavy (non-hydrogen) atoms. The van der Waals surface area contributed by atoms with Gasteiger partial charge in [0, 0.05) is 17.9 Å².